The Morgan fingerprint density at radius 1 is 1.41 bits per heavy atom. The van der Waals surface area contributed by atoms with Crippen LogP contribution in [0.1, 0.15) is 30.4 Å². The molecule has 0 fully saturated rings. The van der Waals surface area contributed by atoms with Gasteiger partial charge in [0.25, 0.3) is 0 Å². The van der Waals surface area contributed by atoms with E-state index in [0.29, 0.717) is 6.54 Å². The van der Waals surface area contributed by atoms with Crippen LogP contribution in [0, 0.1) is 6.92 Å². The summed E-state index contributed by atoms with van der Waals surface area (Å²) in [6.07, 6.45) is 3.84. The Hall–Kier alpha value is -1.49. The Morgan fingerprint density at radius 3 is 3.06 bits per heavy atom. The van der Waals surface area contributed by atoms with Crippen molar-refractivity contribution >= 4 is 16.7 Å². The SMILES string of the molecule is CCCc1nsc(NCc2ncccc2C)n1. The Kier molecular flexibility index (Phi) is 4.03. The monoisotopic (exact) mass is 248 g/mol. The minimum absolute atomic E-state index is 0.702. The smallest absolute Gasteiger partial charge is 0.202 e. The van der Waals surface area contributed by atoms with Crippen LogP contribution < -0.4 is 5.32 Å². The molecule has 1 N–H and O–H groups in total. The maximum atomic E-state index is 4.41. The Balaban J connectivity index is 1.95. The van der Waals surface area contributed by atoms with E-state index < -0.39 is 0 Å². The largest absolute Gasteiger partial charge is 0.355 e. The minimum Gasteiger partial charge on any atom is -0.355 e. The van der Waals surface area contributed by atoms with E-state index in [9.17, 15) is 0 Å². The van der Waals surface area contributed by atoms with Gasteiger partial charge in [-0.2, -0.15) is 4.37 Å². The van der Waals surface area contributed by atoms with Crippen molar-refractivity contribution in [2.24, 2.45) is 0 Å². The van der Waals surface area contributed by atoms with Gasteiger partial charge in [-0.15, -0.1) is 0 Å². The molecule has 0 aromatic carbocycles. The van der Waals surface area contributed by atoms with E-state index in [1.54, 1.807) is 0 Å². The third-order valence-electron chi connectivity index (χ3n) is 2.47. The first-order valence-corrected chi connectivity index (χ1v) is 6.54. The Labute approximate surface area is 105 Å². The van der Waals surface area contributed by atoms with Crippen molar-refractivity contribution in [1.29, 1.82) is 0 Å². The highest BCUT2D eigenvalue weighted by molar-refractivity contribution is 7.09. The second kappa shape index (κ2) is 5.72. The number of nitrogens with one attached hydrogen (secondary N) is 1. The number of nitrogens with zero attached hydrogens (tertiary/aromatic N) is 3. The van der Waals surface area contributed by atoms with Crippen molar-refractivity contribution in [3.8, 4) is 0 Å². The van der Waals surface area contributed by atoms with Crippen LogP contribution in [0.2, 0.25) is 0 Å². The number of anilines is 1. The van der Waals surface area contributed by atoms with Crippen LogP contribution in [0.5, 0.6) is 0 Å². The summed E-state index contributed by atoms with van der Waals surface area (Å²) in [5.74, 6) is 0.928. The first-order valence-electron chi connectivity index (χ1n) is 5.76. The molecular formula is C12H16N4S. The summed E-state index contributed by atoms with van der Waals surface area (Å²) in [6.45, 7) is 4.89. The summed E-state index contributed by atoms with van der Waals surface area (Å²) in [5, 5.41) is 4.14. The highest BCUT2D eigenvalue weighted by Gasteiger charge is 2.04. The highest BCUT2D eigenvalue weighted by Crippen LogP contribution is 2.14. The third-order valence-corrected chi connectivity index (χ3v) is 3.18. The lowest BCUT2D eigenvalue weighted by Crippen LogP contribution is -2.03. The van der Waals surface area contributed by atoms with E-state index in [4.69, 9.17) is 0 Å². The van der Waals surface area contributed by atoms with E-state index in [-0.39, 0.29) is 0 Å². The molecule has 90 valence electrons. The van der Waals surface area contributed by atoms with Gasteiger partial charge in [-0.3, -0.25) is 4.98 Å². The van der Waals surface area contributed by atoms with Gasteiger partial charge in [0.1, 0.15) is 5.82 Å². The van der Waals surface area contributed by atoms with Gasteiger partial charge in [-0.1, -0.05) is 13.0 Å². The predicted octanol–water partition coefficient (Wildman–Crippen LogP) is 2.81. The fraction of sp³-hybridized carbons (Fsp3) is 0.417. The molecule has 0 unspecified atom stereocenters. The standard InChI is InChI=1S/C12H16N4S/c1-3-5-11-15-12(17-16-11)14-8-10-9(2)6-4-7-13-10/h4,6-7H,3,5,8H2,1-2H3,(H,14,15,16). The molecule has 0 radical (unpaired) electrons. The molecule has 17 heavy (non-hydrogen) atoms. The fourth-order valence-electron chi connectivity index (χ4n) is 1.51. The van der Waals surface area contributed by atoms with Crippen molar-refractivity contribution in [1.82, 2.24) is 14.3 Å². The van der Waals surface area contributed by atoms with Crippen LogP contribution in [0.25, 0.3) is 0 Å². The second-order valence-corrected chi connectivity index (χ2v) is 4.64. The summed E-state index contributed by atoms with van der Waals surface area (Å²) >= 11 is 1.41. The molecular weight excluding hydrogens is 232 g/mol. The molecule has 0 atom stereocenters. The molecule has 0 aliphatic heterocycles. The van der Waals surface area contributed by atoms with Crippen LogP contribution in [0.3, 0.4) is 0 Å². The lowest BCUT2D eigenvalue weighted by molar-refractivity contribution is 0.860. The second-order valence-electron chi connectivity index (χ2n) is 3.89. The molecule has 0 bridgehead atoms. The average Bonchev–Trinajstić information content (AvgIpc) is 2.76. The van der Waals surface area contributed by atoms with E-state index in [1.807, 2.05) is 12.3 Å². The molecule has 0 amide bonds. The number of hydrogen-bond acceptors (Lipinski definition) is 5. The zero-order chi connectivity index (χ0) is 12.1. The third kappa shape index (κ3) is 3.23. The van der Waals surface area contributed by atoms with Crippen molar-refractivity contribution in [3.05, 3.63) is 35.4 Å². The van der Waals surface area contributed by atoms with Gasteiger partial charge < -0.3 is 5.32 Å². The number of pyridine rings is 1. The lowest BCUT2D eigenvalue weighted by Gasteiger charge is -2.04. The minimum atomic E-state index is 0.702. The van der Waals surface area contributed by atoms with Crippen LogP contribution in [-0.2, 0) is 13.0 Å². The molecule has 0 aliphatic carbocycles. The zero-order valence-corrected chi connectivity index (χ0v) is 10.9. The summed E-state index contributed by atoms with van der Waals surface area (Å²) in [5.41, 5.74) is 2.25. The highest BCUT2D eigenvalue weighted by atomic mass is 32.1. The van der Waals surface area contributed by atoms with Gasteiger partial charge in [0.15, 0.2) is 0 Å². The summed E-state index contributed by atoms with van der Waals surface area (Å²) in [4.78, 5) is 8.74. The normalized spacial score (nSPS) is 10.5. The van der Waals surface area contributed by atoms with Crippen LogP contribution in [0.4, 0.5) is 5.13 Å². The van der Waals surface area contributed by atoms with Gasteiger partial charge in [0, 0.05) is 24.2 Å². The fourth-order valence-corrected chi connectivity index (χ4v) is 2.12. The van der Waals surface area contributed by atoms with Gasteiger partial charge in [0.05, 0.1) is 12.2 Å². The molecule has 5 heteroatoms. The molecule has 0 aliphatic rings. The number of rotatable bonds is 5. The van der Waals surface area contributed by atoms with Crippen molar-refractivity contribution in [2.45, 2.75) is 33.2 Å². The molecule has 2 rings (SSSR count). The van der Waals surface area contributed by atoms with Gasteiger partial charge in [-0.05, 0) is 25.0 Å². The first-order chi connectivity index (χ1) is 8.29. The Bertz CT molecular complexity index is 481. The molecule has 4 nitrogen and oxygen atoms in total. The first kappa shape index (κ1) is 12.0. The van der Waals surface area contributed by atoms with Crippen molar-refractivity contribution < 1.29 is 0 Å². The quantitative estimate of drug-likeness (QED) is 0.884. The number of aryl methyl sites for hydroxylation is 2. The molecule has 2 heterocycles. The topological polar surface area (TPSA) is 50.7 Å². The number of hydrogen-bond donors (Lipinski definition) is 1. The molecule has 0 spiro atoms. The number of aromatic nitrogens is 3. The van der Waals surface area contributed by atoms with Crippen LogP contribution in [-0.4, -0.2) is 14.3 Å². The van der Waals surface area contributed by atoms with E-state index in [1.165, 1.54) is 17.1 Å². The lowest BCUT2D eigenvalue weighted by atomic mass is 10.2. The average molecular weight is 248 g/mol. The molecule has 0 saturated carbocycles. The Morgan fingerprint density at radius 2 is 2.29 bits per heavy atom. The molecule has 0 saturated heterocycles. The van der Waals surface area contributed by atoms with E-state index in [2.05, 4.69) is 39.6 Å². The van der Waals surface area contributed by atoms with E-state index in [0.717, 1.165) is 29.5 Å². The van der Waals surface area contributed by atoms with Gasteiger partial charge in [0.2, 0.25) is 5.13 Å². The van der Waals surface area contributed by atoms with Crippen molar-refractivity contribution in [3.63, 3.8) is 0 Å². The summed E-state index contributed by atoms with van der Waals surface area (Å²) in [7, 11) is 0. The molecule has 2 aromatic heterocycles. The molecule has 2 aromatic rings. The predicted molar refractivity (Wildman–Crippen MR) is 70.2 cm³/mol. The van der Waals surface area contributed by atoms with Gasteiger partial charge >= 0.3 is 0 Å². The van der Waals surface area contributed by atoms with Crippen LogP contribution >= 0.6 is 11.5 Å². The maximum Gasteiger partial charge on any atom is 0.202 e. The summed E-state index contributed by atoms with van der Waals surface area (Å²) < 4.78 is 4.29. The van der Waals surface area contributed by atoms with Gasteiger partial charge in [-0.25, -0.2) is 4.98 Å². The van der Waals surface area contributed by atoms with E-state index >= 15 is 0 Å². The van der Waals surface area contributed by atoms with Crippen molar-refractivity contribution in [2.75, 3.05) is 5.32 Å². The summed E-state index contributed by atoms with van der Waals surface area (Å²) in [6, 6.07) is 4.01. The zero-order valence-electron chi connectivity index (χ0n) is 10.1. The van der Waals surface area contributed by atoms with Crippen LogP contribution in [0.15, 0.2) is 18.3 Å². The maximum absolute atomic E-state index is 4.41.